The first-order chi connectivity index (χ1) is 4.52. The Bertz CT molecular complexity index is 159. The Morgan fingerprint density at radius 3 is 1.25 bits per heavy atom. The summed E-state index contributed by atoms with van der Waals surface area (Å²) >= 11 is 0. The third kappa shape index (κ3) is 14.0. The van der Waals surface area contributed by atoms with E-state index < -0.39 is 18.5 Å². The van der Waals surface area contributed by atoms with Crippen LogP contribution in [0.4, 0.5) is 14.4 Å². The molecule has 0 atom stereocenters. The molecule has 0 amide bonds. The molecule has 0 rings (SSSR count). The molecule has 0 aromatic rings. The normalized spacial score (nSPS) is 6.67. The molecule has 0 aliphatic carbocycles. The molecule has 0 fully saturated rings. The molecule has 60 valence electrons. The Hall–Kier alpha value is 1.48. The molecule has 0 aliphatic heterocycles. The molecular weight excluding hydrogens is 226 g/mol. The Morgan fingerprint density at radius 1 is 0.833 bits per heavy atom. The van der Waals surface area contributed by atoms with Gasteiger partial charge in [-0.25, -0.2) is 14.4 Å². The van der Waals surface area contributed by atoms with E-state index in [4.69, 9.17) is 10.2 Å². The summed E-state index contributed by atoms with van der Waals surface area (Å²) in [7, 11) is 0. The molecule has 0 unspecified atom stereocenters. The van der Waals surface area contributed by atoms with Gasteiger partial charge in [0.25, 0.3) is 0 Å². The van der Waals surface area contributed by atoms with E-state index >= 15 is 0 Å². The zero-order valence-corrected chi connectivity index (χ0v) is 4.44. The van der Waals surface area contributed by atoms with Gasteiger partial charge in [0.2, 0.25) is 0 Å². The number of carboxylic acid groups (broad SMARTS) is 2. The summed E-state index contributed by atoms with van der Waals surface area (Å²) < 4.78 is 6.47. The van der Waals surface area contributed by atoms with Crippen molar-refractivity contribution in [3.8, 4) is 0 Å². The van der Waals surface area contributed by atoms with Crippen LogP contribution in [0.1, 0.15) is 0 Å². The van der Waals surface area contributed by atoms with Crippen LogP contribution in [-0.4, -0.2) is 131 Å². The van der Waals surface area contributed by atoms with E-state index in [9.17, 15) is 14.4 Å². The summed E-state index contributed by atoms with van der Waals surface area (Å²) in [5.41, 5.74) is 0. The van der Waals surface area contributed by atoms with Crippen LogP contribution in [0, 0.1) is 0 Å². The fourth-order valence-corrected chi connectivity index (χ4v) is 0.163. The first-order valence-corrected chi connectivity index (χ1v) is 1.88. The summed E-state index contributed by atoms with van der Waals surface area (Å²) in [5.74, 6) is 0. The van der Waals surface area contributed by atoms with Crippen LogP contribution in [-0.2, 0) is 9.47 Å². The van der Waals surface area contributed by atoms with E-state index in [1.165, 1.54) is 0 Å². The van der Waals surface area contributed by atoms with Crippen molar-refractivity contribution in [2.75, 3.05) is 0 Å². The zero-order valence-electron chi connectivity index (χ0n) is 4.44. The van der Waals surface area contributed by atoms with Gasteiger partial charge in [0.15, 0.2) is 0 Å². The number of carbonyl (C=O) groups is 3. The van der Waals surface area contributed by atoms with Gasteiger partial charge in [-0.3, -0.25) is 0 Å². The molecule has 2 N–H and O–H groups in total. The van der Waals surface area contributed by atoms with Crippen LogP contribution in [0.5, 0.6) is 0 Å². The Balaban J connectivity index is -0.000000405. The van der Waals surface area contributed by atoms with Crippen molar-refractivity contribution < 1.29 is 34.1 Å². The molecule has 0 aliphatic rings. The summed E-state index contributed by atoms with van der Waals surface area (Å²) in [4.78, 5) is 28.8. The minimum atomic E-state index is -1.92. The second kappa shape index (κ2) is 10.6. The van der Waals surface area contributed by atoms with Gasteiger partial charge in [0, 0.05) is 0 Å². The molecule has 9 heteroatoms. The number of rotatable bonds is 0. The van der Waals surface area contributed by atoms with Crippen LogP contribution in [0.15, 0.2) is 0 Å². The van der Waals surface area contributed by atoms with Crippen molar-refractivity contribution in [3.63, 3.8) is 0 Å². The van der Waals surface area contributed by atoms with Crippen LogP contribution in [0.3, 0.4) is 0 Å². The van der Waals surface area contributed by atoms with E-state index in [-0.39, 0.29) is 103 Å². The second-order valence-electron chi connectivity index (χ2n) is 0.986. The summed E-state index contributed by atoms with van der Waals surface area (Å²) in [6.07, 6.45) is -5.64. The Morgan fingerprint density at radius 2 is 1.08 bits per heavy atom. The number of carbonyl (C=O) groups excluding carboxylic acids is 1. The van der Waals surface area contributed by atoms with Gasteiger partial charge in [0.05, 0.1) is 0 Å². The summed E-state index contributed by atoms with van der Waals surface area (Å²) in [6.45, 7) is 0. The molecular formula is C3H4K2O7. The van der Waals surface area contributed by atoms with Crippen LogP contribution in [0.2, 0.25) is 0 Å². The summed E-state index contributed by atoms with van der Waals surface area (Å²) in [6, 6.07) is 0. The van der Waals surface area contributed by atoms with Crippen LogP contribution >= 0.6 is 0 Å². The quantitative estimate of drug-likeness (QED) is 0.318. The van der Waals surface area contributed by atoms with Gasteiger partial charge in [-0.1, -0.05) is 0 Å². The maximum atomic E-state index is 9.86. The molecule has 0 radical (unpaired) electrons. The van der Waals surface area contributed by atoms with E-state index in [2.05, 4.69) is 9.47 Å². The Labute approximate surface area is 152 Å². The van der Waals surface area contributed by atoms with Crippen molar-refractivity contribution in [3.05, 3.63) is 0 Å². The van der Waals surface area contributed by atoms with Gasteiger partial charge in [0.1, 0.15) is 0 Å². The van der Waals surface area contributed by atoms with Gasteiger partial charge in [-0.15, -0.1) is 0 Å². The van der Waals surface area contributed by atoms with E-state index in [0.29, 0.717) is 0 Å². The van der Waals surface area contributed by atoms with Crippen molar-refractivity contribution in [2.24, 2.45) is 0 Å². The SMILES string of the molecule is O=C(O)OC(=O)OC(=O)O.[KH].[KH]. The summed E-state index contributed by atoms with van der Waals surface area (Å²) in [5, 5.41) is 15.4. The fraction of sp³-hybridized carbons (Fsp3) is 0. The topological polar surface area (TPSA) is 110 Å². The number of hydrogen-bond acceptors (Lipinski definition) is 5. The van der Waals surface area contributed by atoms with E-state index in [1.807, 2.05) is 0 Å². The van der Waals surface area contributed by atoms with E-state index in [1.54, 1.807) is 0 Å². The molecule has 0 heterocycles. The van der Waals surface area contributed by atoms with Crippen molar-refractivity contribution >= 4 is 121 Å². The third-order valence-corrected chi connectivity index (χ3v) is 0.341. The van der Waals surface area contributed by atoms with Gasteiger partial charge in [-0.05, 0) is 0 Å². The van der Waals surface area contributed by atoms with Gasteiger partial charge in [-0.2, -0.15) is 0 Å². The maximum absolute atomic E-state index is 9.86. The number of ether oxygens (including phenoxy) is 2. The molecule has 7 nitrogen and oxygen atoms in total. The van der Waals surface area contributed by atoms with Crippen LogP contribution in [0.25, 0.3) is 0 Å². The number of hydrogen-bond donors (Lipinski definition) is 2. The zero-order chi connectivity index (χ0) is 8.15. The monoisotopic (exact) mass is 230 g/mol. The molecule has 0 saturated heterocycles. The average Bonchev–Trinajstić information content (AvgIpc) is 1.58. The first-order valence-electron chi connectivity index (χ1n) is 1.88. The van der Waals surface area contributed by atoms with Crippen molar-refractivity contribution in [2.45, 2.75) is 0 Å². The van der Waals surface area contributed by atoms with Gasteiger partial charge >= 0.3 is 121 Å². The van der Waals surface area contributed by atoms with Crippen molar-refractivity contribution in [1.29, 1.82) is 0 Å². The molecule has 0 aromatic carbocycles. The molecule has 0 aromatic heterocycles. The molecule has 0 bridgehead atoms. The Kier molecular flexibility index (Phi) is 16.8. The first kappa shape index (κ1) is 19.1. The predicted molar refractivity (Wildman–Crippen MR) is 37.9 cm³/mol. The van der Waals surface area contributed by atoms with E-state index in [0.717, 1.165) is 0 Å². The molecule has 0 spiro atoms. The standard InChI is InChI=1S/C3H2O7.2K.2H/c4-1(5)9-3(8)10-2(6)7;;;;/h(H,4,5)(H,6,7);;;;. The second-order valence-corrected chi connectivity index (χ2v) is 0.986. The van der Waals surface area contributed by atoms with Crippen LogP contribution < -0.4 is 0 Å². The fourth-order valence-electron chi connectivity index (χ4n) is 0.163. The molecule has 12 heavy (non-hydrogen) atoms. The average molecular weight is 230 g/mol. The third-order valence-electron chi connectivity index (χ3n) is 0.341. The molecule has 0 saturated carbocycles. The predicted octanol–water partition coefficient (Wildman–Crippen LogP) is -0.801. The van der Waals surface area contributed by atoms with Crippen molar-refractivity contribution in [1.82, 2.24) is 0 Å². The van der Waals surface area contributed by atoms with Gasteiger partial charge < -0.3 is 19.7 Å². The minimum absolute atomic E-state index is 0.